The first-order valence-electron chi connectivity index (χ1n) is 6.11. The van der Waals surface area contributed by atoms with Crippen LogP contribution in [0.1, 0.15) is 38.7 Å². The van der Waals surface area contributed by atoms with Gasteiger partial charge in [-0.2, -0.15) is 0 Å². The number of rotatable bonds is 0. The highest BCUT2D eigenvalue weighted by atomic mass is 16.4. The van der Waals surface area contributed by atoms with Crippen molar-refractivity contribution in [2.45, 2.75) is 38.6 Å². The summed E-state index contributed by atoms with van der Waals surface area (Å²) >= 11 is 0. The van der Waals surface area contributed by atoms with Gasteiger partial charge < -0.3 is 4.42 Å². The van der Waals surface area contributed by atoms with Crippen molar-refractivity contribution in [1.29, 1.82) is 0 Å². The van der Waals surface area contributed by atoms with Gasteiger partial charge in [0.2, 0.25) is 0 Å². The van der Waals surface area contributed by atoms with Crippen LogP contribution < -0.4 is 11.2 Å². The van der Waals surface area contributed by atoms with Gasteiger partial charge in [0.15, 0.2) is 5.58 Å². The summed E-state index contributed by atoms with van der Waals surface area (Å²) in [6, 6.07) is 5.60. The maximum atomic E-state index is 12.1. The highest BCUT2D eigenvalue weighted by molar-refractivity contribution is 5.78. The Hall–Kier alpha value is -1.84. The van der Waals surface area contributed by atoms with Crippen molar-refractivity contribution in [2.75, 3.05) is 0 Å². The van der Waals surface area contributed by atoms with E-state index in [0.29, 0.717) is 11.5 Å². The first-order chi connectivity index (χ1) is 8.42. The molecule has 0 bridgehead atoms. The predicted octanol–water partition coefficient (Wildman–Crippen LogP) is 2.20. The maximum Gasteiger partial charge on any atom is 0.402 e. The molecular weight excluding hydrogens is 230 g/mol. The first kappa shape index (κ1) is 11.3. The molecule has 2 heterocycles. The SMILES string of the molecule is C[C@@H]1CC(C)(C)n2c(=O)c(=O)oc3cccc1c32. The molecule has 3 rings (SSSR count). The molecule has 1 aromatic carbocycles. The summed E-state index contributed by atoms with van der Waals surface area (Å²) in [5.74, 6) is 0.343. The van der Waals surface area contributed by atoms with E-state index in [2.05, 4.69) is 6.92 Å². The molecule has 0 radical (unpaired) electrons. The molecule has 1 aliphatic heterocycles. The van der Waals surface area contributed by atoms with Crippen LogP contribution in [-0.2, 0) is 5.54 Å². The third-order valence-corrected chi connectivity index (χ3v) is 3.78. The third kappa shape index (κ3) is 1.32. The van der Waals surface area contributed by atoms with Gasteiger partial charge >= 0.3 is 11.2 Å². The van der Waals surface area contributed by atoms with Crippen LogP contribution in [0.4, 0.5) is 0 Å². The quantitative estimate of drug-likeness (QED) is 0.668. The normalized spacial score (nSPS) is 21.2. The van der Waals surface area contributed by atoms with Gasteiger partial charge in [0, 0.05) is 5.54 Å². The number of benzene rings is 1. The van der Waals surface area contributed by atoms with Crippen LogP contribution in [0.2, 0.25) is 0 Å². The van der Waals surface area contributed by atoms with Gasteiger partial charge in [0.25, 0.3) is 0 Å². The Morgan fingerprint density at radius 3 is 2.78 bits per heavy atom. The summed E-state index contributed by atoms with van der Waals surface area (Å²) in [6.07, 6.45) is 0.836. The van der Waals surface area contributed by atoms with E-state index in [1.165, 1.54) is 0 Å². The molecular formula is C14H15NO3. The third-order valence-electron chi connectivity index (χ3n) is 3.78. The summed E-state index contributed by atoms with van der Waals surface area (Å²) in [4.78, 5) is 23.7. The molecule has 0 spiro atoms. The molecule has 1 atom stereocenters. The molecule has 2 aromatic rings. The van der Waals surface area contributed by atoms with Crippen LogP contribution in [0.25, 0.3) is 11.1 Å². The summed E-state index contributed by atoms with van der Waals surface area (Å²) in [5, 5.41) is 0. The molecule has 0 fully saturated rings. The minimum Gasteiger partial charge on any atom is -0.417 e. The molecule has 18 heavy (non-hydrogen) atoms. The fraction of sp³-hybridized carbons (Fsp3) is 0.429. The molecule has 0 amide bonds. The number of nitrogens with zero attached hydrogens (tertiary/aromatic N) is 1. The lowest BCUT2D eigenvalue weighted by atomic mass is 9.82. The summed E-state index contributed by atoms with van der Waals surface area (Å²) in [6.45, 7) is 6.11. The minimum absolute atomic E-state index is 0.343. The van der Waals surface area contributed by atoms with Crippen molar-refractivity contribution >= 4 is 11.1 Å². The van der Waals surface area contributed by atoms with Crippen LogP contribution in [0.15, 0.2) is 32.2 Å². The standard InChI is InChI=1S/C14H15NO3/c1-8-7-14(2,3)15-11-9(8)5-4-6-10(11)18-13(17)12(15)16/h4-6,8H,7H2,1-3H3/t8-/m1/s1. The highest BCUT2D eigenvalue weighted by Gasteiger charge is 2.34. The van der Waals surface area contributed by atoms with Gasteiger partial charge in [-0.25, -0.2) is 4.79 Å². The average molecular weight is 245 g/mol. The predicted molar refractivity (Wildman–Crippen MR) is 69.1 cm³/mol. The Labute approximate surface area is 104 Å². The molecule has 0 saturated heterocycles. The second-order valence-electron chi connectivity index (χ2n) is 5.64. The van der Waals surface area contributed by atoms with E-state index in [-0.39, 0.29) is 5.54 Å². The van der Waals surface area contributed by atoms with Crippen LogP contribution in [0.5, 0.6) is 0 Å². The van der Waals surface area contributed by atoms with Crippen LogP contribution in [-0.4, -0.2) is 4.57 Å². The molecule has 0 aliphatic carbocycles. The minimum atomic E-state index is -0.790. The Kier molecular flexibility index (Phi) is 2.09. The summed E-state index contributed by atoms with van der Waals surface area (Å²) in [7, 11) is 0. The van der Waals surface area contributed by atoms with Crippen LogP contribution in [0, 0.1) is 0 Å². The van der Waals surface area contributed by atoms with Crippen molar-refractivity contribution in [2.24, 2.45) is 0 Å². The van der Waals surface area contributed by atoms with E-state index in [1.54, 1.807) is 10.6 Å². The smallest absolute Gasteiger partial charge is 0.402 e. The number of hydrogen-bond acceptors (Lipinski definition) is 3. The molecule has 0 saturated carbocycles. The van der Waals surface area contributed by atoms with Crippen molar-refractivity contribution in [3.05, 3.63) is 44.5 Å². The van der Waals surface area contributed by atoms with Crippen LogP contribution in [0.3, 0.4) is 0 Å². The molecule has 4 nitrogen and oxygen atoms in total. The second-order valence-corrected chi connectivity index (χ2v) is 5.64. The zero-order valence-corrected chi connectivity index (χ0v) is 10.7. The van der Waals surface area contributed by atoms with Gasteiger partial charge in [-0.05, 0) is 37.8 Å². The van der Waals surface area contributed by atoms with Gasteiger partial charge in [-0.15, -0.1) is 0 Å². The highest BCUT2D eigenvalue weighted by Crippen LogP contribution is 2.39. The average Bonchev–Trinajstić information content (AvgIpc) is 2.27. The van der Waals surface area contributed by atoms with Gasteiger partial charge in [0.1, 0.15) is 0 Å². The number of para-hydroxylation sites is 1. The molecule has 4 heteroatoms. The zero-order valence-electron chi connectivity index (χ0n) is 10.7. The lowest BCUT2D eigenvalue weighted by Gasteiger charge is -2.36. The molecule has 1 aromatic heterocycles. The van der Waals surface area contributed by atoms with E-state index in [4.69, 9.17) is 4.42 Å². The fourth-order valence-corrected chi connectivity index (χ4v) is 3.12. The second kappa shape index (κ2) is 3.34. The number of hydrogen-bond donors (Lipinski definition) is 0. The Balaban J connectivity index is 2.63. The van der Waals surface area contributed by atoms with Crippen molar-refractivity contribution in [3.63, 3.8) is 0 Å². The van der Waals surface area contributed by atoms with E-state index < -0.39 is 11.2 Å². The lowest BCUT2D eigenvalue weighted by Crippen LogP contribution is -2.46. The fourth-order valence-electron chi connectivity index (χ4n) is 3.12. The van der Waals surface area contributed by atoms with E-state index in [1.807, 2.05) is 26.0 Å². The Morgan fingerprint density at radius 2 is 2.06 bits per heavy atom. The Morgan fingerprint density at radius 1 is 1.33 bits per heavy atom. The molecule has 94 valence electrons. The van der Waals surface area contributed by atoms with Gasteiger partial charge in [0.05, 0.1) is 5.52 Å². The van der Waals surface area contributed by atoms with Gasteiger partial charge in [-0.1, -0.05) is 19.1 Å². The van der Waals surface area contributed by atoms with E-state index in [0.717, 1.165) is 17.5 Å². The van der Waals surface area contributed by atoms with Gasteiger partial charge in [-0.3, -0.25) is 9.36 Å². The van der Waals surface area contributed by atoms with E-state index >= 15 is 0 Å². The molecule has 1 aliphatic rings. The zero-order chi connectivity index (χ0) is 13.1. The van der Waals surface area contributed by atoms with Crippen molar-refractivity contribution in [1.82, 2.24) is 4.57 Å². The Bertz CT molecular complexity index is 752. The summed E-state index contributed by atoms with van der Waals surface area (Å²) in [5.41, 5.74) is 0.628. The van der Waals surface area contributed by atoms with E-state index in [9.17, 15) is 9.59 Å². The van der Waals surface area contributed by atoms with Crippen molar-refractivity contribution < 1.29 is 4.42 Å². The largest absolute Gasteiger partial charge is 0.417 e. The topological polar surface area (TPSA) is 52.2 Å². The molecule has 0 N–H and O–H groups in total. The first-order valence-corrected chi connectivity index (χ1v) is 6.11. The monoisotopic (exact) mass is 245 g/mol. The lowest BCUT2D eigenvalue weighted by molar-refractivity contribution is 0.284. The maximum absolute atomic E-state index is 12.1. The molecule has 0 unspecified atom stereocenters. The van der Waals surface area contributed by atoms with Crippen molar-refractivity contribution in [3.8, 4) is 0 Å². The summed E-state index contributed by atoms with van der Waals surface area (Å²) < 4.78 is 6.70. The van der Waals surface area contributed by atoms with Crippen LogP contribution >= 0.6 is 0 Å². The number of aromatic nitrogens is 1.